The number of hydrogen-bond acceptors (Lipinski definition) is 3. The highest BCUT2D eigenvalue weighted by Gasteiger charge is 2.73. The summed E-state index contributed by atoms with van der Waals surface area (Å²) in [5, 5.41) is 9.53. The lowest BCUT2D eigenvalue weighted by Crippen LogP contribution is -2.71. The van der Waals surface area contributed by atoms with E-state index in [1.807, 2.05) is 29.2 Å². The molecule has 4 nitrogen and oxygen atoms in total. The van der Waals surface area contributed by atoms with Gasteiger partial charge in [-0.25, -0.2) is 4.39 Å². The van der Waals surface area contributed by atoms with Crippen molar-refractivity contribution in [3.05, 3.63) is 64.1 Å². The second kappa shape index (κ2) is 7.42. The van der Waals surface area contributed by atoms with Crippen LogP contribution in [0.25, 0.3) is 0 Å². The molecule has 0 aromatic heterocycles. The van der Waals surface area contributed by atoms with E-state index >= 15 is 0 Å². The maximum atomic E-state index is 14.3. The van der Waals surface area contributed by atoms with E-state index in [0.717, 1.165) is 54.2 Å². The van der Waals surface area contributed by atoms with E-state index < -0.39 is 11.1 Å². The molecule has 4 bridgehead atoms. The number of benzene rings is 2. The molecule has 0 spiro atoms. The van der Waals surface area contributed by atoms with Crippen LogP contribution < -0.4 is 4.90 Å². The highest BCUT2D eigenvalue weighted by molar-refractivity contribution is 9.10. The Morgan fingerprint density at radius 3 is 2.19 bits per heavy atom. The third-order valence-corrected chi connectivity index (χ3v) is 10.5. The zero-order chi connectivity index (χ0) is 24.8. The molecule has 2 heterocycles. The zero-order valence-electron chi connectivity index (χ0n) is 20.4. The van der Waals surface area contributed by atoms with Crippen molar-refractivity contribution in [2.45, 2.75) is 74.5 Å². The first-order chi connectivity index (χ1) is 17.2. The smallest absolute Gasteiger partial charge is 0.233 e. The number of rotatable bonds is 6. The van der Waals surface area contributed by atoms with Gasteiger partial charge in [0.1, 0.15) is 5.67 Å². The van der Waals surface area contributed by atoms with Crippen molar-refractivity contribution in [3.63, 3.8) is 0 Å². The number of nitriles is 1. The number of amides is 1. The molecule has 0 unspecified atom stereocenters. The number of halogens is 2. The molecule has 2 saturated heterocycles. The summed E-state index contributed by atoms with van der Waals surface area (Å²) in [5.41, 5.74) is 0.969. The van der Waals surface area contributed by atoms with Crippen molar-refractivity contribution >= 4 is 27.5 Å². The molecule has 7 aliphatic rings. The summed E-state index contributed by atoms with van der Waals surface area (Å²) in [6.45, 7) is 1.23. The lowest BCUT2D eigenvalue weighted by molar-refractivity contribution is -0.213. The second-order valence-corrected chi connectivity index (χ2v) is 13.3. The van der Waals surface area contributed by atoms with E-state index in [4.69, 9.17) is 4.74 Å². The topological polar surface area (TPSA) is 53.3 Å². The van der Waals surface area contributed by atoms with Crippen LogP contribution in [0.2, 0.25) is 0 Å². The molecule has 186 valence electrons. The van der Waals surface area contributed by atoms with Gasteiger partial charge < -0.3 is 9.64 Å². The third kappa shape index (κ3) is 3.28. The molecule has 0 atom stereocenters. The van der Waals surface area contributed by atoms with Crippen LogP contribution in [0.3, 0.4) is 0 Å². The predicted molar refractivity (Wildman–Crippen MR) is 138 cm³/mol. The van der Waals surface area contributed by atoms with Crippen molar-refractivity contribution in [1.82, 2.24) is 0 Å². The quantitative estimate of drug-likeness (QED) is 0.402. The minimum absolute atomic E-state index is 0.0824. The van der Waals surface area contributed by atoms with Crippen molar-refractivity contribution < 1.29 is 13.9 Å². The van der Waals surface area contributed by atoms with Crippen molar-refractivity contribution in [2.24, 2.45) is 10.8 Å². The summed E-state index contributed by atoms with van der Waals surface area (Å²) in [4.78, 5) is 15.7. The Hall–Kier alpha value is -2.23. The SMILES string of the molecule is N#CC1(c2ccc(C34CCC(CN(C(=O)C56CC(F)(C5)C6)c5cccc(Br)c5)(CC3)CO4)cc2)CC1. The van der Waals surface area contributed by atoms with Gasteiger partial charge >= 0.3 is 0 Å². The minimum atomic E-state index is -1.10. The molecule has 36 heavy (non-hydrogen) atoms. The molecule has 7 fully saturated rings. The van der Waals surface area contributed by atoms with Gasteiger partial charge in [0.2, 0.25) is 5.91 Å². The number of carbonyl (C=O) groups is 1. The molecule has 6 heteroatoms. The molecule has 5 aliphatic carbocycles. The van der Waals surface area contributed by atoms with E-state index in [1.54, 1.807) is 0 Å². The van der Waals surface area contributed by atoms with Crippen LogP contribution in [0, 0.1) is 22.2 Å². The van der Waals surface area contributed by atoms with Crippen LogP contribution in [0.1, 0.15) is 68.9 Å². The number of nitrogens with zero attached hydrogens (tertiary/aromatic N) is 2. The fourth-order valence-electron chi connectivity index (χ4n) is 7.46. The van der Waals surface area contributed by atoms with Crippen LogP contribution >= 0.6 is 15.9 Å². The molecule has 0 radical (unpaired) electrons. The average molecular weight is 549 g/mol. The Balaban J connectivity index is 1.11. The Bertz CT molecular complexity index is 1250. The first-order valence-corrected chi connectivity index (χ1v) is 13.9. The summed E-state index contributed by atoms with van der Waals surface area (Å²) < 4.78 is 21.9. The van der Waals surface area contributed by atoms with Crippen LogP contribution in [-0.4, -0.2) is 24.7 Å². The fourth-order valence-corrected chi connectivity index (χ4v) is 7.85. The summed E-state index contributed by atoms with van der Waals surface area (Å²) >= 11 is 3.56. The monoisotopic (exact) mass is 548 g/mol. The Kier molecular flexibility index (Phi) is 4.73. The summed E-state index contributed by atoms with van der Waals surface area (Å²) in [5.74, 6) is 0.0824. The van der Waals surface area contributed by atoms with E-state index in [-0.39, 0.29) is 22.3 Å². The van der Waals surface area contributed by atoms with E-state index in [9.17, 15) is 14.4 Å². The van der Waals surface area contributed by atoms with Gasteiger partial charge in [-0.1, -0.05) is 46.3 Å². The van der Waals surface area contributed by atoms with E-state index in [2.05, 4.69) is 46.3 Å². The van der Waals surface area contributed by atoms with Gasteiger partial charge in [0, 0.05) is 22.1 Å². The Morgan fingerprint density at radius 2 is 1.67 bits per heavy atom. The van der Waals surface area contributed by atoms with E-state index in [1.165, 1.54) is 5.56 Å². The predicted octanol–water partition coefficient (Wildman–Crippen LogP) is 6.72. The molecule has 5 saturated carbocycles. The number of hydrogen-bond donors (Lipinski definition) is 0. The summed E-state index contributed by atoms with van der Waals surface area (Å²) in [6, 6.07) is 19.0. The van der Waals surface area contributed by atoms with Crippen molar-refractivity contribution in [3.8, 4) is 6.07 Å². The van der Waals surface area contributed by atoms with Crippen molar-refractivity contribution in [1.29, 1.82) is 5.26 Å². The van der Waals surface area contributed by atoms with Crippen LogP contribution in [0.15, 0.2) is 53.0 Å². The molecule has 2 aromatic rings. The van der Waals surface area contributed by atoms with Gasteiger partial charge in [0.05, 0.1) is 29.1 Å². The first-order valence-electron chi connectivity index (χ1n) is 13.2. The highest BCUT2D eigenvalue weighted by Crippen LogP contribution is 2.70. The largest absolute Gasteiger partial charge is 0.370 e. The molecule has 1 amide bonds. The molecular formula is C30H30BrFN2O2. The number of alkyl halides is 1. The van der Waals surface area contributed by atoms with Gasteiger partial charge in [0.15, 0.2) is 0 Å². The van der Waals surface area contributed by atoms with Crippen LogP contribution in [-0.2, 0) is 20.5 Å². The van der Waals surface area contributed by atoms with Gasteiger partial charge in [-0.05, 0) is 87.1 Å². The Morgan fingerprint density at radius 1 is 1.00 bits per heavy atom. The number of carbonyl (C=O) groups excluding carboxylic acids is 1. The fraction of sp³-hybridized carbons (Fsp3) is 0.533. The first kappa shape index (κ1) is 22.9. The van der Waals surface area contributed by atoms with Crippen LogP contribution in [0.4, 0.5) is 10.1 Å². The second-order valence-electron chi connectivity index (χ2n) is 12.4. The van der Waals surface area contributed by atoms with Crippen LogP contribution in [0.5, 0.6) is 0 Å². The van der Waals surface area contributed by atoms with Crippen molar-refractivity contribution in [2.75, 3.05) is 18.1 Å². The summed E-state index contributed by atoms with van der Waals surface area (Å²) in [6.07, 6.45) is 6.87. The van der Waals surface area contributed by atoms with Gasteiger partial charge in [0.25, 0.3) is 0 Å². The number of ether oxygens (including phenoxy) is 1. The van der Waals surface area contributed by atoms with Gasteiger partial charge in [-0.3, -0.25) is 4.79 Å². The maximum absolute atomic E-state index is 14.3. The average Bonchev–Trinajstić information content (AvgIpc) is 3.67. The zero-order valence-corrected chi connectivity index (χ0v) is 21.9. The number of anilines is 1. The molecule has 0 N–H and O–H groups in total. The Labute approximate surface area is 219 Å². The van der Waals surface area contributed by atoms with Gasteiger partial charge in [-0.15, -0.1) is 0 Å². The summed E-state index contributed by atoms with van der Waals surface area (Å²) in [7, 11) is 0. The third-order valence-electron chi connectivity index (χ3n) is 9.98. The standard InChI is InChI=1S/C30H30BrFN2O2/c31-23-2-1-3-24(14-23)34(25(35)28-15-29(32,16-28)17-28)19-26-8-12-30(13-9-26,36-20-26)22-6-4-21(5-7-22)27(18-33)10-11-27/h1-7,14H,8-13,15-17,19-20H2. The van der Waals surface area contributed by atoms with E-state index in [0.29, 0.717) is 32.4 Å². The maximum Gasteiger partial charge on any atom is 0.233 e. The normalized spacial score (nSPS) is 36.8. The lowest BCUT2D eigenvalue weighted by atomic mass is 9.41. The number of fused-ring (bicyclic) bond motifs is 3. The highest BCUT2D eigenvalue weighted by atomic mass is 79.9. The molecule has 2 aromatic carbocycles. The van der Waals surface area contributed by atoms with Gasteiger partial charge in [-0.2, -0.15) is 5.26 Å². The molecule has 9 rings (SSSR count). The molecule has 2 aliphatic heterocycles. The lowest BCUT2D eigenvalue weighted by Gasteiger charge is -2.65. The minimum Gasteiger partial charge on any atom is -0.370 e. The molecular weight excluding hydrogens is 519 g/mol.